The number of rotatable bonds is 2. The molecule has 1 amide bonds. The van der Waals surface area contributed by atoms with Gasteiger partial charge in [-0.15, -0.1) is 0 Å². The topological polar surface area (TPSA) is 70.2 Å². The number of aryl methyl sites for hydroxylation is 1. The van der Waals surface area contributed by atoms with Crippen LogP contribution in [0.15, 0.2) is 10.9 Å². The van der Waals surface area contributed by atoms with Gasteiger partial charge in [0.25, 0.3) is 11.5 Å². The number of aromatic nitrogens is 1. The zero-order valence-electron chi connectivity index (χ0n) is 14.4. The van der Waals surface area contributed by atoms with Gasteiger partial charge in [-0.05, 0) is 31.7 Å². The van der Waals surface area contributed by atoms with E-state index in [0.29, 0.717) is 24.1 Å². The summed E-state index contributed by atoms with van der Waals surface area (Å²) >= 11 is 0. The largest absolute Gasteiger partial charge is 0.339 e. The van der Waals surface area contributed by atoms with Crippen LogP contribution >= 0.6 is 0 Å². The monoisotopic (exact) mass is 330 g/mol. The molecule has 0 unspecified atom stereocenters. The Morgan fingerprint density at radius 2 is 1.71 bits per heavy atom. The standard InChI is InChI=1S/C19H26N2O3/c1-21(13-8-5-3-2-4-6-9-13)19(24)15-12-14-16(20-18(15)23)10-7-11-17(14)22/h12-13H,2-11H2,1H3,(H,20,23). The average Bonchev–Trinajstić information content (AvgIpc) is 2.53. The Bertz CT molecular complexity index is 684. The molecule has 1 aromatic rings. The van der Waals surface area contributed by atoms with Crippen molar-refractivity contribution in [3.05, 3.63) is 33.2 Å². The molecular weight excluding hydrogens is 304 g/mol. The van der Waals surface area contributed by atoms with E-state index in [4.69, 9.17) is 0 Å². The van der Waals surface area contributed by atoms with E-state index in [0.717, 1.165) is 32.1 Å². The first kappa shape index (κ1) is 16.9. The van der Waals surface area contributed by atoms with E-state index in [1.54, 1.807) is 11.9 Å². The minimum absolute atomic E-state index is 0.0233. The fourth-order valence-corrected chi connectivity index (χ4v) is 3.91. The van der Waals surface area contributed by atoms with Gasteiger partial charge in [0.2, 0.25) is 0 Å². The lowest BCUT2D eigenvalue weighted by Gasteiger charge is -2.30. The SMILES string of the molecule is CN(C(=O)c1cc2c([nH]c1=O)CCCC2=O)C1CCCCCCC1. The van der Waals surface area contributed by atoms with Crippen LogP contribution < -0.4 is 5.56 Å². The van der Waals surface area contributed by atoms with Crippen LogP contribution in [0.5, 0.6) is 0 Å². The number of nitrogens with one attached hydrogen (secondary N) is 1. The van der Waals surface area contributed by atoms with Crippen molar-refractivity contribution in [3.8, 4) is 0 Å². The molecule has 1 saturated carbocycles. The molecule has 2 aliphatic carbocycles. The molecule has 0 aromatic carbocycles. The second-order valence-corrected chi connectivity index (χ2v) is 7.10. The summed E-state index contributed by atoms with van der Waals surface area (Å²) in [5.74, 6) is -0.238. The second-order valence-electron chi connectivity index (χ2n) is 7.10. The first-order valence-electron chi connectivity index (χ1n) is 9.14. The number of pyridine rings is 1. The highest BCUT2D eigenvalue weighted by atomic mass is 16.2. The molecular formula is C19H26N2O3. The maximum Gasteiger partial charge on any atom is 0.261 e. The number of fused-ring (bicyclic) bond motifs is 1. The van der Waals surface area contributed by atoms with Crippen LogP contribution in [0.3, 0.4) is 0 Å². The van der Waals surface area contributed by atoms with Gasteiger partial charge in [0.05, 0.1) is 0 Å². The van der Waals surface area contributed by atoms with Crippen LogP contribution in [-0.4, -0.2) is 34.7 Å². The number of hydrogen-bond donors (Lipinski definition) is 1. The lowest BCUT2D eigenvalue weighted by Crippen LogP contribution is -2.40. The summed E-state index contributed by atoms with van der Waals surface area (Å²) in [5, 5.41) is 0. The summed E-state index contributed by atoms with van der Waals surface area (Å²) in [6.45, 7) is 0. The smallest absolute Gasteiger partial charge is 0.261 e. The summed E-state index contributed by atoms with van der Waals surface area (Å²) in [6.07, 6.45) is 9.89. The molecule has 1 aromatic heterocycles. The number of carbonyl (C=O) groups excluding carboxylic acids is 2. The highest BCUT2D eigenvalue weighted by Crippen LogP contribution is 2.23. The summed E-state index contributed by atoms with van der Waals surface area (Å²) in [6, 6.07) is 1.71. The van der Waals surface area contributed by atoms with E-state index < -0.39 is 0 Å². The Labute approximate surface area is 142 Å². The quantitative estimate of drug-likeness (QED) is 0.906. The van der Waals surface area contributed by atoms with Gasteiger partial charge in [0.1, 0.15) is 5.56 Å². The van der Waals surface area contributed by atoms with Crippen LogP contribution in [-0.2, 0) is 6.42 Å². The number of hydrogen-bond acceptors (Lipinski definition) is 3. The molecule has 5 nitrogen and oxygen atoms in total. The second kappa shape index (κ2) is 7.32. The molecule has 0 atom stereocenters. The molecule has 130 valence electrons. The highest BCUT2D eigenvalue weighted by Gasteiger charge is 2.26. The predicted octanol–water partition coefficient (Wildman–Crippen LogP) is 3.08. The molecule has 1 N–H and O–H groups in total. The van der Waals surface area contributed by atoms with Gasteiger partial charge >= 0.3 is 0 Å². The molecule has 2 aliphatic rings. The summed E-state index contributed by atoms with van der Waals surface area (Å²) in [7, 11) is 1.79. The van der Waals surface area contributed by atoms with E-state index >= 15 is 0 Å². The summed E-state index contributed by atoms with van der Waals surface area (Å²) in [4.78, 5) is 41.7. The van der Waals surface area contributed by atoms with Gasteiger partial charge < -0.3 is 9.88 Å². The van der Waals surface area contributed by atoms with Crippen LogP contribution in [0.2, 0.25) is 0 Å². The third kappa shape index (κ3) is 3.45. The third-order valence-electron chi connectivity index (χ3n) is 5.43. The normalized spacial score (nSPS) is 19.3. The van der Waals surface area contributed by atoms with Gasteiger partial charge in [0.15, 0.2) is 5.78 Å². The van der Waals surface area contributed by atoms with Crippen LogP contribution in [0.4, 0.5) is 0 Å². The summed E-state index contributed by atoms with van der Waals surface area (Å²) < 4.78 is 0. The van der Waals surface area contributed by atoms with E-state index in [1.807, 2.05) is 0 Å². The maximum atomic E-state index is 12.9. The van der Waals surface area contributed by atoms with Gasteiger partial charge in [0, 0.05) is 30.8 Å². The van der Waals surface area contributed by atoms with Crippen molar-refractivity contribution in [1.82, 2.24) is 9.88 Å². The van der Waals surface area contributed by atoms with E-state index in [2.05, 4.69) is 4.98 Å². The number of carbonyl (C=O) groups is 2. The number of H-pyrrole nitrogens is 1. The molecule has 0 saturated heterocycles. The van der Waals surface area contributed by atoms with Crippen LogP contribution in [0, 0.1) is 0 Å². The Hall–Kier alpha value is -1.91. The molecule has 1 heterocycles. The van der Waals surface area contributed by atoms with E-state index in [9.17, 15) is 14.4 Å². The lowest BCUT2D eigenvalue weighted by atomic mass is 9.93. The van der Waals surface area contributed by atoms with Gasteiger partial charge in [-0.2, -0.15) is 0 Å². The van der Waals surface area contributed by atoms with Gasteiger partial charge in [-0.25, -0.2) is 0 Å². The fraction of sp³-hybridized carbons (Fsp3) is 0.632. The Balaban J connectivity index is 1.84. The molecule has 0 radical (unpaired) electrons. The Kier molecular flexibility index (Phi) is 5.17. The first-order valence-corrected chi connectivity index (χ1v) is 9.14. The van der Waals surface area contributed by atoms with Crippen LogP contribution in [0.1, 0.15) is 84.2 Å². The van der Waals surface area contributed by atoms with Gasteiger partial charge in [-0.3, -0.25) is 14.4 Å². The molecule has 5 heteroatoms. The molecule has 3 rings (SSSR count). The zero-order chi connectivity index (χ0) is 17.1. The van der Waals surface area contributed by atoms with Crippen molar-refractivity contribution in [1.29, 1.82) is 0 Å². The number of nitrogens with zero attached hydrogens (tertiary/aromatic N) is 1. The van der Waals surface area contributed by atoms with Crippen molar-refractivity contribution in [3.63, 3.8) is 0 Å². The molecule has 1 fully saturated rings. The van der Waals surface area contributed by atoms with Crippen molar-refractivity contribution in [2.45, 2.75) is 70.3 Å². The van der Waals surface area contributed by atoms with E-state index in [-0.39, 0.29) is 28.9 Å². The molecule has 0 bridgehead atoms. The minimum atomic E-state index is -0.369. The maximum absolute atomic E-state index is 12.9. The summed E-state index contributed by atoms with van der Waals surface area (Å²) in [5.41, 5.74) is 0.941. The van der Waals surface area contributed by atoms with Crippen molar-refractivity contribution >= 4 is 11.7 Å². The van der Waals surface area contributed by atoms with Crippen molar-refractivity contribution < 1.29 is 9.59 Å². The molecule has 24 heavy (non-hydrogen) atoms. The molecule has 0 spiro atoms. The Morgan fingerprint density at radius 1 is 1.04 bits per heavy atom. The fourth-order valence-electron chi connectivity index (χ4n) is 3.91. The predicted molar refractivity (Wildman–Crippen MR) is 92.5 cm³/mol. The minimum Gasteiger partial charge on any atom is -0.339 e. The lowest BCUT2D eigenvalue weighted by molar-refractivity contribution is 0.0705. The average molecular weight is 330 g/mol. The Morgan fingerprint density at radius 3 is 2.42 bits per heavy atom. The number of ketones is 1. The molecule has 0 aliphatic heterocycles. The van der Waals surface area contributed by atoms with Gasteiger partial charge in [-0.1, -0.05) is 32.1 Å². The van der Waals surface area contributed by atoms with Crippen LogP contribution in [0.25, 0.3) is 0 Å². The first-order chi connectivity index (χ1) is 11.6. The van der Waals surface area contributed by atoms with E-state index in [1.165, 1.54) is 25.3 Å². The zero-order valence-corrected chi connectivity index (χ0v) is 14.4. The third-order valence-corrected chi connectivity index (χ3v) is 5.43. The van der Waals surface area contributed by atoms with Crippen molar-refractivity contribution in [2.75, 3.05) is 7.05 Å². The highest BCUT2D eigenvalue weighted by molar-refractivity contribution is 6.01. The number of Topliss-reactive ketones (excluding diaryl/α,β-unsaturated/α-hetero) is 1. The number of aromatic amines is 1. The number of amides is 1. The van der Waals surface area contributed by atoms with Crippen molar-refractivity contribution in [2.24, 2.45) is 0 Å².